The zero-order chi connectivity index (χ0) is 23.9. The van der Waals surface area contributed by atoms with Crippen molar-refractivity contribution < 1.29 is 0 Å². The maximum Gasteiger partial charge on any atom is 0.161 e. The van der Waals surface area contributed by atoms with Gasteiger partial charge in [-0.3, -0.25) is 10.1 Å². The van der Waals surface area contributed by atoms with Crippen LogP contribution < -0.4 is 0 Å². The summed E-state index contributed by atoms with van der Waals surface area (Å²) < 4.78 is 0. The minimum atomic E-state index is 0.690. The molecular formula is C28H25N7. The number of pyridine rings is 2. The molecule has 6 aromatic rings. The van der Waals surface area contributed by atoms with Crippen molar-refractivity contribution in [2.45, 2.75) is 13.5 Å². The van der Waals surface area contributed by atoms with Gasteiger partial charge in [-0.2, -0.15) is 5.10 Å². The Morgan fingerprint density at radius 2 is 1.71 bits per heavy atom. The van der Waals surface area contributed by atoms with Crippen molar-refractivity contribution in [2.75, 3.05) is 14.1 Å². The fraction of sp³-hybridized carbons (Fsp3) is 0.143. The van der Waals surface area contributed by atoms with E-state index in [1.807, 2.05) is 44.7 Å². The lowest BCUT2D eigenvalue weighted by molar-refractivity contribution is 0.402. The Labute approximate surface area is 202 Å². The van der Waals surface area contributed by atoms with Gasteiger partial charge >= 0.3 is 0 Å². The van der Waals surface area contributed by atoms with E-state index in [0.717, 1.165) is 56.6 Å². The monoisotopic (exact) mass is 459 g/mol. The van der Waals surface area contributed by atoms with Crippen molar-refractivity contribution in [3.05, 3.63) is 84.2 Å². The standard InChI is InChI=1S/C28H25N7/c1-17-6-4-7-19(12-17)21-8-5-9-23-25(21)32-28(31-23)27-26-24(33-34-27)11-10-22(30-26)20-13-18(14-29-15-20)16-35(2)3/h4-15H,16H2,1-3H3,(H,31,32)(H,33,34). The first-order chi connectivity index (χ1) is 17.0. The van der Waals surface area contributed by atoms with E-state index in [2.05, 4.69) is 74.5 Å². The second-order valence-corrected chi connectivity index (χ2v) is 9.14. The predicted molar refractivity (Wildman–Crippen MR) is 140 cm³/mol. The third-order valence-corrected chi connectivity index (χ3v) is 6.06. The highest BCUT2D eigenvalue weighted by atomic mass is 15.1. The lowest BCUT2D eigenvalue weighted by atomic mass is 10.0. The van der Waals surface area contributed by atoms with Crippen molar-refractivity contribution in [3.8, 4) is 33.9 Å². The van der Waals surface area contributed by atoms with Gasteiger partial charge in [0.05, 0.1) is 22.2 Å². The Kier molecular flexibility index (Phi) is 5.12. The van der Waals surface area contributed by atoms with Crippen LogP contribution in [0.2, 0.25) is 0 Å². The molecule has 0 bridgehead atoms. The number of benzene rings is 2. The molecule has 0 atom stereocenters. The lowest BCUT2D eigenvalue weighted by Gasteiger charge is -2.10. The molecule has 2 N–H and O–H groups in total. The quantitative estimate of drug-likeness (QED) is 0.350. The molecule has 35 heavy (non-hydrogen) atoms. The number of aromatic nitrogens is 6. The van der Waals surface area contributed by atoms with Crippen LogP contribution in [0.25, 0.3) is 56.0 Å². The maximum absolute atomic E-state index is 4.96. The summed E-state index contributed by atoms with van der Waals surface area (Å²) in [5, 5.41) is 7.67. The molecule has 7 nitrogen and oxygen atoms in total. The fourth-order valence-corrected chi connectivity index (χ4v) is 4.49. The van der Waals surface area contributed by atoms with Crippen molar-refractivity contribution >= 4 is 22.1 Å². The number of nitrogens with zero attached hydrogens (tertiary/aromatic N) is 5. The molecule has 0 saturated carbocycles. The summed E-state index contributed by atoms with van der Waals surface area (Å²) in [6, 6.07) is 20.8. The maximum atomic E-state index is 4.96. The highest BCUT2D eigenvalue weighted by molar-refractivity contribution is 5.96. The van der Waals surface area contributed by atoms with Crippen LogP contribution >= 0.6 is 0 Å². The third kappa shape index (κ3) is 3.96. The van der Waals surface area contributed by atoms with Gasteiger partial charge in [-0.05, 0) is 56.4 Å². The molecule has 4 aromatic heterocycles. The summed E-state index contributed by atoms with van der Waals surface area (Å²) in [6.07, 6.45) is 3.74. The van der Waals surface area contributed by atoms with Gasteiger partial charge in [0.15, 0.2) is 11.5 Å². The highest BCUT2D eigenvalue weighted by Crippen LogP contribution is 2.32. The van der Waals surface area contributed by atoms with Gasteiger partial charge in [0.1, 0.15) is 5.52 Å². The Balaban J connectivity index is 1.45. The predicted octanol–water partition coefficient (Wildman–Crippen LogP) is 5.60. The normalized spacial score (nSPS) is 11.7. The van der Waals surface area contributed by atoms with Gasteiger partial charge < -0.3 is 9.88 Å². The number of nitrogens with one attached hydrogen (secondary N) is 2. The second kappa shape index (κ2) is 8.45. The molecule has 0 amide bonds. The van der Waals surface area contributed by atoms with Gasteiger partial charge in [0, 0.05) is 30.1 Å². The van der Waals surface area contributed by atoms with E-state index in [1.54, 1.807) is 0 Å². The highest BCUT2D eigenvalue weighted by Gasteiger charge is 2.17. The number of rotatable bonds is 5. The third-order valence-electron chi connectivity index (χ3n) is 6.06. The zero-order valence-corrected chi connectivity index (χ0v) is 19.9. The Morgan fingerprint density at radius 1 is 0.829 bits per heavy atom. The van der Waals surface area contributed by atoms with Crippen LogP contribution in [0.15, 0.2) is 73.1 Å². The van der Waals surface area contributed by atoms with E-state index in [-0.39, 0.29) is 0 Å². The first-order valence-corrected chi connectivity index (χ1v) is 11.6. The molecule has 2 aromatic carbocycles. The Hall–Kier alpha value is -4.36. The lowest BCUT2D eigenvalue weighted by Crippen LogP contribution is -2.10. The van der Waals surface area contributed by atoms with Crippen LogP contribution in [0.4, 0.5) is 0 Å². The molecular weight excluding hydrogens is 434 g/mol. The molecule has 172 valence electrons. The van der Waals surface area contributed by atoms with Crippen LogP contribution in [0.1, 0.15) is 11.1 Å². The molecule has 6 rings (SSSR count). The van der Waals surface area contributed by atoms with Crippen LogP contribution in [-0.2, 0) is 6.54 Å². The van der Waals surface area contributed by atoms with Crippen molar-refractivity contribution in [1.29, 1.82) is 0 Å². The molecule has 4 heterocycles. The first kappa shape index (κ1) is 21.2. The van der Waals surface area contributed by atoms with Crippen LogP contribution in [0.5, 0.6) is 0 Å². The molecule has 7 heteroatoms. The summed E-state index contributed by atoms with van der Waals surface area (Å²) in [7, 11) is 4.10. The summed E-state index contributed by atoms with van der Waals surface area (Å²) in [5.41, 5.74) is 10.6. The second-order valence-electron chi connectivity index (χ2n) is 9.14. The van der Waals surface area contributed by atoms with E-state index >= 15 is 0 Å². The smallest absolute Gasteiger partial charge is 0.161 e. The first-order valence-electron chi connectivity index (χ1n) is 11.6. The van der Waals surface area contributed by atoms with Crippen molar-refractivity contribution in [1.82, 2.24) is 35.0 Å². The van der Waals surface area contributed by atoms with E-state index in [4.69, 9.17) is 9.97 Å². The van der Waals surface area contributed by atoms with E-state index < -0.39 is 0 Å². The molecule has 0 aliphatic rings. The van der Waals surface area contributed by atoms with Gasteiger partial charge in [-0.15, -0.1) is 0 Å². The molecule has 0 aliphatic carbocycles. The van der Waals surface area contributed by atoms with E-state index in [1.165, 1.54) is 5.56 Å². The van der Waals surface area contributed by atoms with Gasteiger partial charge in [-0.1, -0.05) is 42.0 Å². The van der Waals surface area contributed by atoms with Gasteiger partial charge in [-0.25, -0.2) is 9.97 Å². The minimum Gasteiger partial charge on any atom is -0.336 e. The molecule has 0 saturated heterocycles. The topological polar surface area (TPSA) is 86.4 Å². The summed E-state index contributed by atoms with van der Waals surface area (Å²) >= 11 is 0. The molecule has 0 spiro atoms. The Morgan fingerprint density at radius 3 is 2.57 bits per heavy atom. The average Bonchev–Trinajstić information content (AvgIpc) is 3.47. The summed E-state index contributed by atoms with van der Waals surface area (Å²) in [4.78, 5) is 19.9. The van der Waals surface area contributed by atoms with Crippen LogP contribution in [0, 0.1) is 6.92 Å². The number of hydrogen-bond donors (Lipinski definition) is 2. The molecule has 0 aliphatic heterocycles. The minimum absolute atomic E-state index is 0.690. The van der Waals surface area contributed by atoms with Crippen molar-refractivity contribution in [2.24, 2.45) is 0 Å². The fourth-order valence-electron chi connectivity index (χ4n) is 4.49. The Bertz CT molecular complexity index is 1680. The van der Waals surface area contributed by atoms with Crippen LogP contribution in [0.3, 0.4) is 0 Å². The van der Waals surface area contributed by atoms with E-state index in [0.29, 0.717) is 11.5 Å². The average molecular weight is 460 g/mol. The SMILES string of the molecule is Cc1cccc(-c2cccc3[nH]c(-c4n[nH]c5ccc(-c6cncc(CN(C)C)c6)nc45)nc23)c1. The number of fused-ring (bicyclic) bond motifs is 2. The number of aromatic amines is 2. The summed E-state index contributed by atoms with van der Waals surface area (Å²) in [6.45, 7) is 2.92. The van der Waals surface area contributed by atoms with E-state index in [9.17, 15) is 0 Å². The number of hydrogen-bond acceptors (Lipinski definition) is 5. The van der Waals surface area contributed by atoms with Crippen molar-refractivity contribution in [3.63, 3.8) is 0 Å². The number of aryl methyl sites for hydroxylation is 1. The van der Waals surface area contributed by atoms with Gasteiger partial charge in [0.2, 0.25) is 0 Å². The zero-order valence-electron chi connectivity index (χ0n) is 19.9. The summed E-state index contributed by atoms with van der Waals surface area (Å²) in [5.74, 6) is 0.690. The number of para-hydroxylation sites is 1. The number of H-pyrrole nitrogens is 2. The number of imidazole rings is 1. The largest absolute Gasteiger partial charge is 0.336 e. The van der Waals surface area contributed by atoms with Gasteiger partial charge in [0.25, 0.3) is 0 Å². The molecule has 0 fully saturated rings. The molecule has 0 unspecified atom stereocenters. The molecule has 0 radical (unpaired) electrons. The van der Waals surface area contributed by atoms with Crippen LogP contribution in [-0.4, -0.2) is 49.1 Å².